The van der Waals surface area contributed by atoms with E-state index in [0.717, 1.165) is 31.4 Å². The summed E-state index contributed by atoms with van der Waals surface area (Å²) in [4.78, 5) is 11.9. The number of hydrogen-bond donors (Lipinski definition) is 1. The van der Waals surface area contributed by atoms with Gasteiger partial charge in [0.1, 0.15) is 0 Å². The van der Waals surface area contributed by atoms with E-state index in [2.05, 4.69) is 5.32 Å². The summed E-state index contributed by atoms with van der Waals surface area (Å²) in [5.74, 6) is -2.61. The Morgan fingerprint density at radius 3 is 2.67 bits per heavy atom. The number of allylic oxidation sites excluding steroid dienone is 1. The van der Waals surface area contributed by atoms with Crippen LogP contribution in [0, 0.1) is 11.6 Å². The molecule has 1 unspecified atom stereocenters. The van der Waals surface area contributed by atoms with Crippen LogP contribution in [0.5, 0.6) is 0 Å². The molecular weight excluding hydrogens is 260 g/mol. The van der Waals surface area contributed by atoms with Gasteiger partial charge in [0.05, 0.1) is 10.6 Å². The average molecular weight is 272 g/mol. The maximum absolute atomic E-state index is 13.1. The van der Waals surface area contributed by atoms with Crippen LogP contribution in [0.15, 0.2) is 24.3 Å². The van der Waals surface area contributed by atoms with Gasteiger partial charge in [-0.1, -0.05) is 23.8 Å². The number of hydrogen-bond acceptors (Lipinski definition) is 1. The van der Waals surface area contributed by atoms with Crippen LogP contribution >= 0.6 is 11.6 Å². The number of benzene rings is 1. The van der Waals surface area contributed by atoms with Crippen molar-refractivity contribution in [2.75, 3.05) is 0 Å². The van der Waals surface area contributed by atoms with Crippen molar-refractivity contribution >= 4 is 17.5 Å². The van der Waals surface area contributed by atoms with Crippen molar-refractivity contribution in [1.29, 1.82) is 0 Å². The lowest BCUT2D eigenvalue weighted by Crippen LogP contribution is -2.35. The minimum Gasteiger partial charge on any atom is -0.349 e. The van der Waals surface area contributed by atoms with Gasteiger partial charge in [-0.2, -0.15) is 0 Å². The first-order valence-corrected chi connectivity index (χ1v) is 6.06. The van der Waals surface area contributed by atoms with E-state index in [1.807, 2.05) is 12.2 Å². The van der Waals surface area contributed by atoms with E-state index in [-0.39, 0.29) is 16.6 Å². The lowest BCUT2D eigenvalue weighted by Gasteiger charge is -2.19. The maximum atomic E-state index is 13.1. The van der Waals surface area contributed by atoms with Gasteiger partial charge < -0.3 is 5.32 Å². The molecule has 1 N–H and O–H groups in total. The van der Waals surface area contributed by atoms with Crippen LogP contribution in [0.3, 0.4) is 0 Å². The fourth-order valence-corrected chi connectivity index (χ4v) is 2.12. The Balaban J connectivity index is 2.13. The van der Waals surface area contributed by atoms with Crippen LogP contribution < -0.4 is 5.32 Å². The van der Waals surface area contributed by atoms with Gasteiger partial charge in [-0.15, -0.1) is 0 Å². The summed E-state index contributed by atoms with van der Waals surface area (Å²) in [5.41, 5.74) is -0.0369. The molecule has 1 aromatic carbocycles. The fourth-order valence-electron chi connectivity index (χ4n) is 1.88. The summed E-state index contributed by atoms with van der Waals surface area (Å²) in [7, 11) is 0. The van der Waals surface area contributed by atoms with Gasteiger partial charge in [-0.05, 0) is 31.4 Å². The lowest BCUT2D eigenvalue weighted by molar-refractivity contribution is 0.0934. The van der Waals surface area contributed by atoms with E-state index in [4.69, 9.17) is 11.6 Å². The van der Waals surface area contributed by atoms with E-state index >= 15 is 0 Å². The molecule has 0 radical (unpaired) electrons. The van der Waals surface area contributed by atoms with E-state index < -0.39 is 17.5 Å². The first-order chi connectivity index (χ1) is 8.58. The molecule has 1 atom stereocenters. The van der Waals surface area contributed by atoms with Crippen molar-refractivity contribution in [2.45, 2.75) is 25.3 Å². The van der Waals surface area contributed by atoms with Crippen molar-refractivity contribution < 1.29 is 13.6 Å². The van der Waals surface area contributed by atoms with Crippen LogP contribution in [0.4, 0.5) is 8.78 Å². The zero-order valence-corrected chi connectivity index (χ0v) is 10.3. The number of carbonyl (C=O) groups is 1. The zero-order chi connectivity index (χ0) is 13.1. The summed E-state index contributed by atoms with van der Waals surface area (Å²) < 4.78 is 26.0. The molecule has 0 aromatic heterocycles. The predicted molar refractivity (Wildman–Crippen MR) is 65.6 cm³/mol. The lowest BCUT2D eigenvalue weighted by atomic mass is 10.0. The molecule has 0 bridgehead atoms. The molecule has 2 nitrogen and oxygen atoms in total. The zero-order valence-electron chi connectivity index (χ0n) is 9.55. The fraction of sp³-hybridized carbons (Fsp3) is 0.308. The highest BCUT2D eigenvalue weighted by atomic mass is 35.5. The second-order valence-corrected chi connectivity index (χ2v) is 4.61. The van der Waals surface area contributed by atoms with Crippen molar-refractivity contribution in [3.05, 3.63) is 46.5 Å². The standard InChI is InChI=1S/C13H12ClF2NO/c14-10-7-12(16)11(15)6-9(10)13(18)17-8-4-2-1-3-5-8/h1-2,6-8H,3-5H2,(H,17,18). The molecule has 0 fully saturated rings. The second kappa shape index (κ2) is 5.48. The Hall–Kier alpha value is -1.42. The SMILES string of the molecule is O=C(NC1CC=CCC1)c1cc(F)c(F)cc1Cl. The largest absolute Gasteiger partial charge is 0.349 e. The summed E-state index contributed by atoms with van der Waals surface area (Å²) in [6.07, 6.45) is 6.52. The van der Waals surface area contributed by atoms with Crippen LogP contribution in [0.1, 0.15) is 29.6 Å². The molecular formula is C13H12ClF2NO. The summed E-state index contributed by atoms with van der Waals surface area (Å²) >= 11 is 5.73. The first-order valence-electron chi connectivity index (χ1n) is 5.68. The van der Waals surface area contributed by atoms with Gasteiger partial charge in [-0.25, -0.2) is 8.78 Å². The Labute approximate surface area is 109 Å². The molecule has 1 aliphatic rings. The Morgan fingerprint density at radius 1 is 1.28 bits per heavy atom. The van der Waals surface area contributed by atoms with E-state index in [1.54, 1.807) is 0 Å². The molecule has 1 amide bonds. The highest BCUT2D eigenvalue weighted by Gasteiger charge is 2.18. The Morgan fingerprint density at radius 2 is 2.00 bits per heavy atom. The van der Waals surface area contributed by atoms with Gasteiger partial charge in [0.15, 0.2) is 11.6 Å². The minimum absolute atomic E-state index is 0.0201. The van der Waals surface area contributed by atoms with Crippen molar-refractivity contribution in [1.82, 2.24) is 5.32 Å². The van der Waals surface area contributed by atoms with Crippen molar-refractivity contribution in [3.8, 4) is 0 Å². The topological polar surface area (TPSA) is 29.1 Å². The Kier molecular flexibility index (Phi) is 3.97. The molecule has 0 aliphatic heterocycles. The number of carbonyl (C=O) groups excluding carboxylic acids is 1. The molecule has 18 heavy (non-hydrogen) atoms. The highest BCUT2D eigenvalue weighted by molar-refractivity contribution is 6.33. The van der Waals surface area contributed by atoms with E-state index in [0.29, 0.717) is 0 Å². The number of amides is 1. The van der Waals surface area contributed by atoms with Crippen LogP contribution in [0.2, 0.25) is 5.02 Å². The van der Waals surface area contributed by atoms with E-state index in [9.17, 15) is 13.6 Å². The molecule has 0 saturated carbocycles. The monoisotopic (exact) mass is 271 g/mol. The van der Waals surface area contributed by atoms with Gasteiger partial charge in [0.2, 0.25) is 0 Å². The Bertz CT molecular complexity index is 502. The summed E-state index contributed by atoms with van der Waals surface area (Å²) in [6.45, 7) is 0. The third-order valence-electron chi connectivity index (χ3n) is 2.86. The average Bonchev–Trinajstić information content (AvgIpc) is 2.35. The van der Waals surface area contributed by atoms with Crippen molar-refractivity contribution in [3.63, 3.8) is 0 Å². The number of halogens is 3. The third kappa shape index (κ3) is 2.88. The molecule has 5 heteroatoms. The number of rotatable bonds is 2. The molecule has 0 heterocycles. The third-order valence-corrected chi connectivity index (χ3v) is 3.17. The van der Waals surface area contributed by atoms with Gasteiger partial charge >= 0.3 is 0 Å². The van der Waals surface area contributed by atoms with Gasteiger partial charge in [-0.3, -0.25) is 4.79 Å². The van der Waals surface area contributed by atoms with Gasteiger partial charge in [0.25, 0.3) is 5.91 Å². The van der Waals surface area contributed by atoms with Crippen LogP contribution in [-0.2, 0) is 0 Å². The maximum Gasteiger partial charge on any atom is 0.253 e. The summed E-state index contributed by atoms with van der Waals surface area (Å²) in [6, 6.07) is 1.66. The molecule has 1 aromatic rings. The molecule has 0 saturated heterocycles. The molecule has 2 rings (SSSR count). The first kappa shape index (κ1) is 13.0. The summed E-state index contributed by atoms with van der Waals surface area (Å²) in [5, 5.41) is 2.67. The molecule has 96 valence electrons. The molecule has 1 aliphatic carbocycles. The minimum atomic E-state index is -1.08. The predicted octanol–water partition coefficient (Wildman–Crippen LogP) is 3.46. The van der Waals surface area contributed by atoms with Crippen molar-refractivity contribution in [2.24, 2.45) is 0 Å². The van der Waals surface area contributed by atoms with E-state index in [1.165, 1.54) is 0 Å². The smallest absolute Gasteiger partial charge is 0.253 e. The van der Waals surface area contributed by atoms with Gasteiger partial charge in [0, 0.05) is 6.04 Å². The normalized spacial score (nSPS) is 18.7. The second-order valence-electron chi connectivity index (χ2n) is 4.20. The highest BCUT2D eigenvalue weighted by Crippen LogP contribution is 2.21. The molecule has 0 spiro atoms. The quantitative estimate of drug-likeness (QED) is 0.648. The van der Waals surface area contributed by atoms with Crippen LogP contribution in [0.25, 0.3) is 0 Å². The van der Waals surface area contributed by atoms with Crippen LogP contribution in [-0.4, -0.2) is 11.9 Å². The number of nitrogens with one attached hydrogen (secondary N) is 1.